The van der Waals surface area contributed by atoms with Gasteiger partial charge in [0, 0.05) is 0 Å². The number of aryl methyl sites for hydroxylation is 1. The maximum Gasteiger partial charge on any atom is 0.246 e. The Morgan fingerprint density at radius 3 is 2.44 bits per heavy atom. The molecule has 1 aromatic carbocycles. The molecule has 5 nitrogen and oxygen atoms in total. The van der Waals surface area contributed by atoms with Gasteiger partial charge in [0.1, 0.15) is 0 Å². The van der Waals surface area contributed by atoms with Crippen LogP contribution in [0.2, 0.25) is 0 Å². The largest absolute Gasteiger partial charge is 0.397 e. The van der Waals surface area contributed by atoms with Crippen molar-refractivity contribution in [1.82, 2.24) is 5.32 Å². The van der Waals surface area contributed by atoms with Crippen molar-refractivity contribution >= 4 is 23.2 Å². The topological polar surface area (TPSA) is 75.4 Å². The summed E-state index contributed by atoms with van der Waals surface area (Å²) in [4.78, 5) is 24.1. The number of carbonyl (C=O) groups excluding carboxylic acids is 2. The summed E-state index contributed by atoms with van der Waals surface area (Å²) < 4.78 is 0. The standard InChI is InChI=1S/C11H13N3O2/c1-7-2-3-9(8(12)4-7)14-5-10(15)13-11(16)6-14/h2-4H,5-6,12H2,1H3,(H,13,15,16). The first-order valence-corrected chi connectivity index (χ1v) is 5.00. The van der Waals surface area contributed by atoms with Crippen LogP contribution in [0.25, 0.3) is 0 Å². The van der Waals surface area contributed by atoms with Crippen molar-refractivity contribution in [3.8, 4) is 0 Å². The minimum Gasteiger partial charge on any atom is -0.397 e. The lowest BCUT2D eigenvalue weighted by Gasteiger charge is -2.28. The molecule has 0 aromatic heterocycles. The van der Waals surface area contributed by atoms with Crippen LogP contribution in [0, 0.1) is 6.92 Å². The zero-order chi connectivity index (χ0) is 11.7. The number of imide groups is 1. The predicted octanol–water partition coefficient (Wildman–Crippen LogP) is 0.0400. The quantitative estimate of drug-likeness (QED) is 0.516. The van der Waals surface area contributed by atoms with Gasteiger partial charge in [-0.05, 0) is 24.6 Å². The highest BCUT2D eigenvalue weighted by atomic mass is 16.2. The molecule has 1 heterocycles. The molecule has 84 valence electrons. The molecule has 0 radical (unpaired) electrons. The second-order valence-electron chi connectivity index (χ2n) is 3.89. The van der Waals surface area contributed by atoms with Crippen LogP contribution >= 0.6 is 0 Å². The van der Waals surface area contributed by atoms with Crippen LogP contribution in [0.4, 0.5) is 11.4 Å². The number of anilines is 2. The Morgan fingerprint density at radius 2 is 1.88 bits per heavy atom. The maximum absolute atomic E-state index is 11.2. The van der Waals surface area contributed by atoms with E-state index < -0.39 is 0 Å². The summed E-state index contributed by atoms with van der Waals surface area (Å²) in [5.74, 6) is -0.590. The van der Waals surface area contributed by atoms with Gasteiger partial charge >= 0.3 is 0 Å². The average Bonchev–Trinajstić information content (AvgIpc) is 2.15. The minimum atomic E-state index is -0.295. The van der Waals surface area contributed by atoms with Gasteiger partial charge in [-0.25, -0.2) is 0 Å². The number of nitrogens with two attached hydrogens (primary N) is 1. The third-order valence-corrected chi connectivity index (χ3v) is 2.47. The summed E-state index contributed by atoms with van der Waals surface area (Å²) in [7, 11) is 0. The van der Waals surface area contributed by atoms with E-state index in [1.807, 2.05) is 25.1 Å². The van der Waals surface area contributed by atoms with Gasteiger partial charge in [0.2, 0.25) is 11.8 Å². The van der Waals surface area contributed by atoms with Crippen molar-refractivity contribution in [3.05, 3.63) is 23.8 Å². The first-order valence-electron chi connectivity index (χ1n) is 5.00. The molecule has 2 amide bonds. The van der Waals surface area contributed by atoms with Crippen molar-refractivity contribution in [2.24, 2.45) is 0 Å². The van der Waals surface area contributed by atoms with Gasteiger partial charge in [0.15, 0.2) is 0 Å². The van der Waals surface area contributed by atoms with E-state index >= 15 is 0 Å². The molecular formula is C11H13N3O2. The fraction of sp³-hybridized carbons (Fsp3) is 0.273. The molecule has 1 aliphatic rings. The Labute approximate surface area is 93.2 Å². The number of hydrogen-bond acceptors (Lipinski definition) is 4. The highest BCUT2D eigenvalue weighted by Gasteiger charge is 2.23. The normalized spacial score (nSPS) is 16.2. The second kappa shape index (κ2) is 3.84. The lowest BCUT2D eigenvalue weighted by molar-refractivity contribution is -0.130. The second-order valence-corrected chi connectivity index (χ2v) is 3.89. The van der Waals surface area contributed by atoms with Crippen molar-refractivity contribution in [2.75, 3.05) is 23.7 Å². The summed E-state index contributed by atoms with van der Waals surface area (Å²) >= 11 is 0. The molecule has 5 heteroatoms. The lowest BCUT2D eigenvalue weighted by atomic mass is 10.1. The van der Waals surface area contributed by atoms with Crippen LogP contribution in [-0.4, -0.2) is 24.9 Å². The fourth-order valence-corrected chi connectivity index (χ4v) is 1.77. The molecule has 1 saturated heterocycles. The van der Waals surface area contributed by atoms with E-state index in [4.69, 9.17) is 5.73 Å². The van der Waals surface area contributed by atoms with Gasteiger partial charge in [-0.1, -0.05) is 6.07 Å². The van der Waals surface area contributed by atoms with Crippen LogP contribution in [0.5, 0.6) is 0 Å². The average molecular weight is 219 g/mol. The first kappa shape index (κ1) is 10.5. The Morgan fingerprint density at radius 1 is 1.25 bits per heavy atom. The monoisotopic (exact) mass is 219 g/mol. The fourth-order valence-electron chi connectivity index (χ4n) is 1.77. The Bertz CT molecular complexity index is 441. The number of piperazine rings is 1. The van der Waals surface area contributed by atoms with Gasteiger partial charge in [0.05, 0.1) is 24.5 Å². The smallest absolute Gasteiger partial charge is 0.246 e. The lowest BCUT2D eigenvalue weighted by Crippen LogP contribution is -2.51. The molecule has 2 rings (SSSR count). The first-order chi connectivity index (χ1) is 7.56. The Kier molecular flexibility index (Phi) is 2.52. The highest BCUT2D eigenvalue weighted by Crippen LogP contribution is 2.24. The van der Waals surface area contributed by atoms with Crippen LogP contribution in [0.3, 0.4) is 0 Å². The summed E-state index contributed by atoms with van der Waals surface area (Å²) in [6.45, 7) is 2.27. The van der Waals surface area contributed by atoms with E-state index in [1.165, 1.54) is 0 Å². The summed E-state index contributed by atoms with van der Waals surface area (Å²) in [5.41, 5.74) is 8.22. The van der Waals surface area contributed by atoms with Crippen LogP contribution < -0.4 is 16.0 Å². The van der Waals surface area contributed by atoms with Crippen LogP contribution in [-0.2, 0) is 9.59 Å². The third kappa shape index (κ3) is 1.98. The third-order valence-electron chi connectivity index (χ3n) is 2.47. The van der Waals surface area contributed by atoms with Gasteiger partial charge in [-0.2, -0.15) is 0 Å². The zero-order valence-corrected chi connectivity index (χ0v) is 8.99. The Hall–Kier alpha value is -2.04. The van der Waals surface area contributed by atoms with Crippen molar-refractivity contribution < 1.29 is 9.59 Å². The number of hydrogen-bond donors (Lipinski definition) is 2. The van der Waals surface area contributed by atoms with Gasteiger partial charge in [-0.15, -0.1) is 0 Å². The number of rotatable bonds is 1. The van der Waals surface area contributed by atoms with Gasteiger partial charge in [0.25, 0.3) is 0 Å². The molecule has 0 atom stereocenters. The van der Waals surface area contributed by atoms with E-state index in [9.17, 15) is 9.59 Å². The molecule has 1 aromatic rings. The van der Waals surface area contributed by atoms with E-state index in [0.717, 1.165) is 11.3 Å². The molecule has 1 aliphatic heterocycles. The van der Waals surface area contributed by atoms with Gasteiger partial charge in [-0.3, -0.25) is 14.9 Å². The van der Waals surface area contributed by atoms with E-state index in [2.05, 4.69) is 5.32 Å². The van der Waals surface area contributed by atoms with Crippen LogP contribution in [0.1, 0.15) is 5.56 Å². The van der Waals surface area contributed by atoms with Crippen molar-refractivity contribution in [2.45, 2.75) is 6.92 Å². The molecule has 0 aliphatic carbocycles. The summed E-state index contributed by atoms with van der Waals surface area (Å²) in [5, 5.41) is 2.25. The highest BCUT2D eigenvalue weighted by molar-refractivity contribution is 6.03. The molecule has 0 bridgehead atoms. The minimum absolute atomic E-state index is 0.166. The van der Waals surface area contributed by atoms with Crippen molar-refractivity contribution in [1.29, 1.82) is 0 Å². The number of nitrogens with zero attached hydrogens (tertiary/aromatic N) is 1. The number of benzene rings is 1. The van der Waals surface area contributed by atoms with E-state index in [0.29, 0.717) is 5.69 Å². The molecule has 1 fully saturated rings. The molecule has 16 heavy (non-hydrogen) atoms. The molecule has 0 saturated carbocycles. The van der Waals surface area contributed by atoms with Gasteiger partial charge < -0.3 is 10.6 Å². The molecular weight excluding hydrogens is 206 g/mol. The van der Waals surface area contributed by atoms with E-state index in [-0.39, 0.29) is 24.9 Å². The number of nitrogen functional groups attached to an aromatic ring is 1. The predicted molar refractivity (Wildman–Crippen MR) is 61.0 cm³/mol. The molecule has 3 N–H and O–H groups in total. The zero-order valence-electron chi connectivity index (χ0n) is 8.99. The maximum atomic E-state index is 11.2. The molecule has 0 unspecified atom stereocenters. The van der Waals surface area contributed by atoms with Crippen molar-refractivity contribution in [3.63, 3.8) is 0 Å². The number of amides is 2. The SMILES string of the molecule is Cc1ccc(N2CC(=O)NC(=O)C2)c(N)c1. The summed E-state index contributed by atoms with van der Waals surface area (Å²) in [6.07, 6.45) is 0. The Balaban J connectivity index is 2.29. The number of carbonyl (C=O) groups is 2. The number of nitrogens with one attached hydrogen (secondary N) is 1. The summed E-state index contributed by atoms with van der Waals surface area (Å²) in [6, 6.07) is 5.56. The van der Waals surface area contributed by atoms with E-state index in [1.54, 1.807) is 4.90 Å². The van der Waals surface area contributed by atoms with Crippen LogP contribution in [0.15, 0.2) is 18.2 Å². The molecule has 0 spiro atoms.